The maximum atomic E-state index is 11.9. The number of carboxylic acids is 1. The van der Waals surface area contributed by atoms with Crippen LogP contribution in [-0.2, 0) is 16.1 Å². The molecule has 1 unspecified atom stereocenters. The Morgan fingerprint density at radius 3 is 2.84 bits per heavy atom. The van der Waals surface area contributed by atoms with E-state index in [0.29, 0.717) is 6.54 Å². The highest BCUT2D eigenvalue weighted by atomic mass is 32.1. The van der Waals surface area contributed by atoms with Gasteiger partial charge in [0.15, 0.2) is 0 Å². The van der Waals surface area contributed by atoms with Gasteiger partial charge in [-0.2, -0.15) is 0 Å². The summed E-state index contributed by atoms with van der Waals surface area (Å²) in [6, 6.07) is 1.85. The molecule has 0 aromatic carbocycles. The fourth-order valence-corrected chi connectivity index (χ4v) is 2.82. The predicted molar refractivity (Wildman–Crippen MR) is 74.7 cm³/mol. The van der Waals surface area contributed by atoms with E-state index in [2.05, 4.69) is 19.2 Å². The van der Waals surface area contributed by atoms with Gasteiger partial charge in [0, 0.05) is 16.9 Å². The molecule has 0 radical (unpaired) electrons. The average molecular weight is 279 g/mol. The molecule has 1 aromatic rings. The molecular weight excluding hydrogens is 262 g/mol. The molecule has 0 aliphatic heterocycles. The number of hydrogen-bond acceptors (Lipinski definition) is 3. The molecule has 1 aliphatic rings. The van der Waals surface area contributed by atoms with Crippen molar-refractivity contribution in [2.45, 2.75) is 26.8 Å². The summed E-state index contributed by atoms with van der Waals surface area (Å²) >= 11 is 1.52. The van der Waals surface area contributed by atoms with E-state index in [-0.39, 0.29) is 17.2 Å². The van der Waals surface area contributed by atoms with Gasteiger partial charge in [0.1, 0.15) is 0 Å². The molecule has 19 heavy (non-hydrogen) atoms. The van der Waals surface area contributed by atoms with Crippen molar-refractivity contribution >= 4 is 29.3 Å². The number of carbonyl (C=O) groups is 2. The van der Waals surface area contributed by atoms with Crippen molar-refractivity contribution in [3.05, 3.63) is 28.0 Å². The lowest BCUT2D eigenvalue weighted by Gasteiger charge is -2.06. The SMILES string of the molecule is CC1(C)CC1C(=O)NCc1sccc1/C=C/C(=O)O. The van der Waals surface area contributed by atoms with Gasteiger partial charge in [-0.05, 0) is 34.9 Å². The van der Waals surface area contributed by atoms with Gasteiger partial charge in [-0.3, -0.25) is 4.79 Å². The number of carboxylic acid groups (broad SMARTS) is 1. The van der Waals surface area contributed by atoms with Gasteiger partial charge in [0.25, 0.3) is 0 Å². The van der Waals surface area contributed by atoms with E-state index in [9.17, 15) is 9.59 Å². The summed E-state index contributed by atoms with van der Waals surface area (Å²) in [4.78, 5) is 23.3. The quantitative estimate of drug-likeness (QED) is 0.814. The maximum absolute atomic E-state index is 11.9. The fraction of sp³-hybridized carbons (Fsp3) is 0.429. The molecule has 2 N–H and O–H groups in total. The Morgan fingerprint density at radius 1 is 1.58 bits per heavy atom. The molecule has 1 aromatic heterocycles. The molecule has 1 aliphatic carbocycles. The number of nitrogens with one attached hydrogen (secondary N) is 1. The zero-order valence-corrected chi connectivity index (χ0v) is 11.8. The summed E-state index contributed by atoms with van der Waals surface area (Å²) < 4.78 is 0. The molecule has 0 spiro atoms. The van der Waals surface area contributed by atoms with Gasteiger partial charge in [0.05, 0.1) is 6.54 Å². The van der Waals surface area contributed by atoms with Gasteiger partial charge in [0.2, 0.25) is 5.91 Å². The standard InChI is InChI=1S/C14H17NO3S/c1-14(2)7-10(14)13(18)15-8-11-9(5-6-19-11)3-4-12(16)17/h3-6,10H,7-8H2,1-2H3,(H,15,18)(H,16,17)/b4-3+. The summed E-state index contributed by atoms with van der Waals surface area (Å²) in [5.74, 6) is -0.766. The van der Waals surface area contributed by atoms with Crippen LogP contribution in [0.5, 0.6) is 0 Å². The Hall–Kier alpha value is -1.62. The molecule has 5 heteroatoms. The maximum Gasteiger partial charge on any atom is 0.328 e. The number of hydrogen-bond donors (Lipinski definition) is 2. The van der Waals surface area contributed by atoms with Crippen LogP contribution in [0.3, 0.4) is 0 Å². The molecule has 0 bridgehead atoms. The van der Waals surface area contributed by atoms with Crippen LogP contribution in [0.4, 0.5) is 0 Å². The minimum absolute atomic E-state index is 0.0894. The van der Waals surface area contributed by atoms with E-state index in [1.165, 1.54) is 11.3 Å². The van der Waals surface area contributed by atoms with Gasteiger partial charge in [-0.1, -0.05) is 13.8 Å². The molecule has 4 nitrogen and oxygen atoms in total. The second kappa shape index (κ2) is 5.17. The van der Waals surface area contributed by atoms with Crippen molar-refractivity contribution in [1.29, 1.82) is 0 Å². The lowest BCUT2D eigenvalue weighted by atomic mass is 10.1. The number of amides is 1. The average Bonchev–Trinajstić information content (AvgIpc) is 2.78. The monoisotopic (exact) mass is 279 g/mol. The van der Waals surface area contributed by atoms with Crippen molar-refractivity contribution in [3.63, 3.8) is 0 Å². The van der Waals surface area contributed by atoms with Crippen LogP contribution in [0.1, 0.15) is 30.7 Å². The first-order chi connectivity index (χ1) is 8.90. The zero-order valence-electron chi connectivity index (χ0n) is 11.0. The van der Waals surface area contributed by atoms with E-state index < -0.39 is 5.97 Å². The topological polar surface area (TPSA) is 66.4 Å². The summed E-state index contributed by atoms with van der Waals surface area (Å²) in [6.07, 6.45) is 3.60. The van der Waals surface area contributed by atoms with Crippen LogP contribution in [-0.4, -0.2) is 17.0 Å². The number of carbonyl (C=O) groups excluding carboxylic acids is 1. The second-order valence-corrected chi connectivity index (χ2v) is 6.43. The number of thiophene rings is 1. The molecule has 2 rings (SSSR count). The highest BCUT2D eigenvalue weighted by Gasteiger charge is 2.50. The first-order valence-corrected chi connectivity index (χ1v) is 7.03. The smallest absolute Gasteiger partial charge is 0.328 e. The zero-order chi connectivity index (χ0) is 14.0. The lowest BCUT2D eigenvalue weighted by molar-refractivity contribution is -0.131. The Bertz CT molecular complexity index is 531. The second-order valence-electron chi connectivity index (χ2n) is 5.43. The Balaban J connectivity index is 1.92. The molecule has 1 amide bonds. The van der Waals surface area contributed by atoms with Gasteiger partial charge in [-0.15, -0.1) is 11.3 Å². The molecule has 1 heterocycles. The fourth-order valence-electron chi connectivity index (χ4n) is 2.01. The van der Waals surface area contributed by atoms with Crippen LogP contribution >= 0.6 is 11.3 Å². The molecule has 1 fully saturated rings. The van der Waals surface area contributed by atoms with Crippen LogP contribution in [0.25, 0.3) is 6.08 Å². The minimum atomic E-state index is -0.971. The van der Waals surface area contributed by atoms with Crippen LogP contribution < -0.4 is 5.32 Å². The van der Waals surface area contributed by atoms with Crippen LogP contribution in [0.15, 0.2) is 17.5 Å². The Morgan fingerprint density at radius 2 is 2.26 bits per heavy atom. The first kappa shape index (κ1) is 13.8. The minimum Gasteiger partial charge on any atom is -0.478 e. The highest BCUT2D eigenvalue weighted by molar-refractivity contribution is 7.10. The first-order valence-electron chi connectivity index (χ1n) is 6.15. The highest BCUT2D eigenvalue weighted by Crippen LogP contribution is 2.51. The van der Waals surface area contributed by atoms with Crippen molar-refractivity contribution in [1.82, 2.24) is 5.32 Å². The van der Waals surface area contributed by atoms with E-state index in [1.807, 2.05) is 11.4 Å². The summed E-state index contributed by atoms with van der Waals surface area (Å²) in [5, 5.41) is 13.4. The van der Waals surface area contributed by atoms with Crippen molar-refractivity contribution in [2.75, 3.05) is 0 Å². The van der Waals surface area contributed by atoms with Crippen molar-refractivity contribution < 1.29 is 14.7 Å². The van der Waals surface area contributed by atoms with E-state index in [0.717, 1.165) is 22.9 Å². The molecular formula is C14H17NO3S. The third kappa shape index (κ3) is 3.44. The third-order valence-electron chi connectivity index (χ3n) is 3.44. The molecule has 1 saturated carbocycles. The Kier molecular flexibility index (Phi) is 3.75. The largest absolute Gasteiger partial charge is 0.478 e. The predicted octanol–water partition coefficient (Wildman–Crippen LogP) is 2.51. The van der Waals surface area contributed by atoms with E-state index in [4.69, 9.17) is 5.11 Å². The number of aliphatic carboxylic acids is 1. The summed E-state index contributed by atoms with van der Waals surface area (Å²) in [6.45, 7) is 4.63. The van der Waals surface area contributed by atoms with E-state index >= 15 is 0 Å². The molecule has 102 valence electrons. The lowest BCUT2D eigenvalue weighted by Crippen LogP contribution is -2.25. The van der Waals surface area contributed by atoms with Crippen molar-refractivity contribution in [2.24, 2.45) is 11.3 Å². The van der Waals surface area contributed by atoms with Gasteiger partial charge < -0.3 is 10.4 Å². The Labute approximate surface area is 116 Å². The molecule has 1 atom stereocenters. The van der Waals surface area contributed by atoms with Gasteiger partial charge in [-0.25, -0.2) is 4.79 Å². The third-order valence-corrected chi connectivity index (χ3v) is 4.38. The van der Waals surface area contributed by atoms with Crippen LogP contribution in [0.2, 0.25) is 0 Å². The van der Waals surface area contributed by atoms with Crippen molar-refractivity contribution in [3.8, 4) is 0 Å². The van der Waals surface area contributed by atoms with Gasteiger partial charge >= 0.3 is 5.97 Å². The number of rotatable bonds is 5. The summed E-state index contributed by atoms with van der Waals surface area (Å²) in [7, 11) is 0. The van der Waals surface area contributed by atoms with E-state index in [1.54, 1.807) is 6.08 Å². The van der Waals surface area contributed by atoms with Crippen LogP contribution in [0, 0.1) is 11.3 Å². The molecule has 0 saturated heterocycles. The summed E-state index contributed by atoms with van der Waals surface area (Å²) in [5.41, 5.74) is 0.980. The normalized spacial score (nSPS) is 20.4.